The summed E-state index contributed by atoms with van der Waals surface area (Å²) in [5.74, 6) is -0.765. The Morgan fingerprint density at radius 3 is 2.64 bits per heavy atom. The molecule has 11 heavy (non-hydrogen) atoms. The third-order valence-electron chi connectivity index (χ3n) is 1.98. The van der Waals surface area contributed by atoms with Crippen molar-refractivity contribution in [2.75, 3.05) is 6.54 Å². The lowest BCUT2D eigenvalue weighted by molar-refractivity contribution is -0.138. The number of nitrogens with one attached hydrogen (secondary N) is 1. The lowest BCUT2D eigenvalue weighted by atomic mass is 10.0. The second-order valence-electron chi connectivity index (χ2n) is 3.00. The number of allylic oxidation sites excluding steroid dienone is 1. The number of carboxylic acids is 1. The largest absolute Gasteiger partial charge is 0.480 e. The summed E-state index contributed by atoms with van der Waals surface area (Å²) >= 11 is 0. The molecule has 1 aliphatic rings. The number of hydrogen-bond donors (Lipinski definition) is 2. The molecule has 62 valence electrons. The highest BCUT2D eigenvalue weighted by Gasteiger charge is 2.26. The van der Waals surface area contributed by atoms with E-state index >= 15 is 0 Å². The summed E-state index contributed by atoms with van der Waals surface area (Å²) in [4.78, 5) is 10.6. The number of hydrogen-bond acceptors (Lipinski definition) is 2. The Bertz CT molecular complexity index is 204. The van der Waals surface area contributed by atoms with Gasteiger partial charge in [0.2, 0.25) is 0 Å². The van der Waals surface area contributed by atoms with Crippen LogP contribution in [-0.4, -0.2) is 23.7 Å². The summed E-state index contributed by atoms with van der Waals surface area (Å²) < 4.78 is 0. The summed E-state index contributed by atoms with van der Waals surface area (Å²) in [6.45, 7) is 4.70. The topological polar surface area (TPSA) is 49.3 Å². The van der Waals surface area contributed by atoms with Gasteiger partial charge in [0.1, 0.15) is 6.04 Å². The Morgan fingerprint density at radius 2 is 2.27 bits per heavy atom. The predicted molar refractivity (Wildman–Crippen MR) is 42.4 cm³/mol. The molecule has 0 bridgehead atoms. The normalized spacial score (nSPS) is 23.8. The second-order valence-corrected chi connectivity index (χ2v) is 3.00. The summed E-state index contributed by atoms with van der Waals surface area (Å²) in [6, 6.07) is -0.431. The lowest BCUT2D eigenvalue weighted by Gasteiger charge is -2.07. The van der Waals surface area contributed by atoms with Crippen molar-refractivity contribution in [2.45, 2.75) is 26.3 Å². The van der Waals surface area contributed by atoms with Crippen LogP contribution in [0.3, 0.4) is 0 Å². The monoisotopic (exact) mass is 155 g/mol. The van der Waals surface area contributed by atoms with Crippen molar-refractivity contribution in [1.82, 2.24) is 5.32 Å². The molecule has 1 atom stereocenters. The standard InChI is InChI=1S/C8H13NO2/c1-5(2)6-3-4-9-7(6)8(10)11/h7,9H,3-4H2,1-2H3,(H,10,11)/t7-/m0/s1. The Labute approximate surface area is 66.1 Å². The van der Waals surface area contributed by atoms with Gasteiger partial charge in [-0.2, -0.15) is 0 Å². The first-order chi connectivity index (χ1) is 5.13. The molecule has 0 amide bonds. The molecule has 1 fully saturated rings. The van der Waals surface area contributed by atoms with E-state index in [0.717, 1.165) is 24.1 Å². The maximum atomic E-state index is 10.6. The fourth-order valence-corrected chi connectivity index (χ4v) is 1.39. The molecule has 0 unspecified atom stereocenters. The molecular formula is C8H13NO2. The van der Waals surface area contributed by atoms with Crippen molar-refractivity contribution < 1.29 is 9.90 Å². The van der Waals surface area contributed by atoms with Gasteiger partial charge in [-0.25, -0.2) is 0 Å². The fourth-order valence-electron chi connectivity index (χ4n) is 1.39. The molecule has 1 saturated heterocycles. The Balaban J connectivity index is 2.82. The summed E-state index contributed by atoms with van der Waals surface area (Å²) in [6.07, 6.45) is 0.874. The van der Waals surface area contributed by atoms with E-state index < -0.39 is 12.0 Å². The highest BCUT2D eigenvalue weighted by atomic mass is 16.4. The third-order valence-corrected chi connectivity index (χ3v) is 1.98. The van der Waals surface area contributed by atoms with Gasteiger partial charge < -0.3 is 10.4 Å². The van der Waals surface area contributed by atoms with Crippen LogP contribution in [0, 0.1) is 0 Å². The molecule has 0 radical (unpaired) electrons. The van der Waals surface area contributed by atoms with E-state index in [1.54, 1.807) is 0 Å². The van der Waals surface area contributed by atoms with E-state index in [-0.39, 0.29) is 0 Å². The van der Waals surface area contributed by atoms with Crippen LogP contribution in [0.1, 0.15) is 20.3 Å². The second kappa shape index (κ2) is 3.05. The first kappa shape index (κ1) is 8.27. The molecular weight excluding hydrogens is 142 g/mol. The van der Waals surface area contributed by atoms with Gasteiger partial charge in [0.05, 0.1) is 0 Å². The summed E-state index contributed by atoms with van der Waals surface area (Å²) in [5, 5.41) is 11.7. The minimum atomic E-state index is -0.765. The van der Waals surface area contributed by atoms with Gasteiger partial charge in [0, 0.05) is 6.54 Å². The Kier molecular flexibility index (Phi) is 2.29. The van der Waals surface area contributed by atoms with Crippen molar-refractivity contribution in [2.24, 2.45) is 0 Å². The molecule has 0 aliphatic carbocycles. The van der Waals surface area contributed by atoms with E-state index in [4.69, 9.17) is 5.11 Å². The van der Waals surface area contributed by atoms with E-state index in [9.17, 15) is 4.79 Å². The minimum Gasteiger partial charge on any atom is -0.480 e. The van der Waals surface area contributed by atoms with Crippen molar-refractivity contribution in [3.8, 4) is 0 Å². The van der Waals surface area contributed by atoms with Crippen LogP contribution in [0.25, 0.3) is 0 Å². The average Bonchev–Trinajstić information content (AvgIpc) is 2.32. The van der Waals surface area contributed by atoms with Crippen LogP contribution >= 0.6 is 0 Å². The lowest BCUT2D eigenvalue weighted by Crippen LogP contribution is -2.31. The minimum absolute atomic E-state index is 0.431. The van der Waals surface area contributed by atoms with Gasteiger partial charge in [0.25, 0.3) is 0 Å². The molecule has 3 nitrogen and oxygen atoms in total. The SMILES string of the molecule is CC(C)=C1CCN[C@@H]1C(=O)O. The maximum Gasteiger partial charge on any atom is 0.325 e. The van der Waals surface area contributed by atoms with Crippen LogP contribution in [0.15, 0.2) is 11.1 Å². The van der Waals surface area contributed by atoms with Crippen LogP contribution < -0.4 is 5.32 Å². The van der Waals surface area contributed by atoms with E-state index in [1.807, 2.05) is 13.8 Å². The van der Waals surface area contributed by atoms with Crippen LogP contribution in [0.2, 0.25) is 0 Å². The van der Waals surface area contributed by atoms with Gasteiger partial charge in [-0.15, -0.1) is 0 Å². The molecule has 3 heteroatoms. The molecule has 0 aromatic heterocycles. The molecule has 0 aromatic rings. The highest BCUT2D eigenvalue weighted by molar-refractivity contribution is 5.78. The van der Waals surface area contributed by atoms with Gasteiger partial charge in [-0.3, -0.25) is 4.79 Å². The number of carboxylic acid groups (broad SMARTS) is 1. The summed E-state index contributed by atoms with van der Waals surface area (Å²) in [5.41, 5.74) is 2.17. The zero-order chi connectivity index (χ0) is 8.43. The number of carbonyl (C=O) groups is 1. The van der Waals surface area contributed by atoms with Crippen molar-refractivity contribution in [1.29, 1.82) is 0 Å². The first-order valence-electron chi connectivity index (χ1n) is 3.75. The van der Waals surface area contributed by atoms with E-state index in [0.29, 0.717) is 0 Å². The average molecular weight is 155 g/mol. The highest BCUT2D eigenvalue weighted by Crippen LogP contribution is 2.18. The molecule has 0 saturated carbocycles. The Hall–Kier alpha value is -0.830. The van der Waals surface area contributed by atoms with Crippen LogP contribution in [0.4, 0.5) is 0 Å². The van der Waals surface area contributed by atoms with Crippen molar-refractivity contribution >= 4 is 5.97 Å². The van der Waals surface area contributed by atoms with Crippen molar-refractivity contribution in [3.05, 3.63) is 11.1 Å². The van der Waals surface area contributed by atoms with Crippen LogP contribution in [0.5, 0.6) is 0 Å². The Morgan fingerprint density at radius 1 is 1.64 bits per heavy atom. The van der Waals surface area contributed by atoms with Gasteiger partial charge in [-0.05, 0) is 25.8 Å². The quantitative estimate of drug-likeness (QED) is 0.550. The third kappa shape index (κ3) is 1.60. The van der Waals surface area contributed by atoms with E-state index in [1.165, 1.54) is 0 Å². The molecule has 1 aliphatic heterocycles. The maximum absolute atomic E-state index is 10.6. The number of rotatable bonds is 1. The summed E-state index contributed by atoms with van der Waals surface area (Å²) in [7, 11) is 0. The fraction of sp³-hybridized carbons (Fsp3) is 0.625. The van der Waals surface area contributed by atoms with Crippen LogP contribution in [-0.2, 0) is 4.79 Å². The molecule has 0 aromatic carbocycles. The van der Waals surface area contributed by atoms with Crippen molar-refractivity contribution in [3.63, 3.8) is 0 Å². The van der Waals surface area contributed by atoms with Gasteiger partial charge in [0.15, 0.2) is 0 Å². The predicted octanol–water partition coefficient (Wildman–Crippen LogP) is 0.769. The van der Waals surface area contributed by atoms with E-state index in [2.05, 4.69) is 5.32 Å². The molecule has 0 spiro atoms. The van der Waals surface area contributed by atoms with Gasteiger partial charge in [-0.1, -0.05) is 5.57 Å². The molecule has 2 N–H and O–H groups in total. The molecule has 1 heterocycles. The number of aliphatic carboxylic acids is 1. The smallest absolute Gasteiger partial charge is 0.325 e. The first-order valence-corrected chi connectivity index (χ1v) is 3.75. The zero-order valence-corrected chi connectivity index (χ0v) is 6.85. The van der Waals surface area contributed by atoms with Gasteiger partial charge >= 0.3 is 5.97 Å². The zero-order valence-electron chi connectivity index (χ0n) is 6.85. The molecule has 1 rings (SSSR count).